The molecule has 0 radical (unpaired) electrons. The van der Waals surface area contributed by atoms with Crippen molar-refractivity contribution in [3.05, 3.63) is 71.3 Å². The highest BCUT2D eigenvalue weighted by atomic mass is 16.5. The molecular weight excluding hydrogens is 604 g/mol. The van der Waals surface area contributed by atoms with Crippen molar-refractivity contribution in [2.24, 2.45) is 11.8 Å². The van der Waals surface area contributed by atoms with E-state index in [1.807, 2.05) is 51.1 Å². The van der Waals surface area contributed by atoms with Crippen molar-refractivity contribution in [1.29, 1.82) is 0 Å². The third-order valence-corrected chi connectivity index (χ3v) is 7.59. The maximum Gasteiger partial charge on any atom is 0.407 e. The van der Waals surface area contributed by atoms with E-state index in [9.17, 15) is 33.9 Å². The van der Waals surface area contributed by atoms with Crippen molar-refractivity contribution in [2.75, 3.05) is 13.1 Å². The van der Waals surface area contributed by atoms with Crippen molar-refractivity contribution in [1.82, 2.24) is 20.9 Å². The van der Waals surface area contributed by atoms with Gasteiger partial charge in [0.25, 0.3) is 5.91 Å². The third kappa shape index (κ3) is 12.2. The Morgan fingerprint density at radius 2 is 1.51 bits per heavy atom. The lowest BCUT2D eigenvalue weighted by molar-refractivity contribution is -0.142. The number of carboxylic acids is 1. The van der Waals surface area contributed by atoms with E-state index in [-0.39, 0.29) is 42.5 Å². The normalized spacial score (nSPS) is 12.8. The molecule has 0 unspecified atom stereocenters. The number of carbonyl (C=O) groups excluding carboxylic acids is 5. The molecule has 0 heterocycles. The summed E-state index contributed by atoms with van der Waals surface area (Å²) in [4.78, 5) is 78.0. The van der Waals surface area contributed by atoms with Gasteiger partial charge < -0.3 is 35.5 Å². The first kappa shape index (κ1) is 38.4. The molecule has 2 rings (SSSR count). The number of nitrogens with zero attached hydrogens (tertiary/aromatic N) is 1. The second kappa shape index (κ2) is 19.7. The summed E-state index contributed by atoms with van der Waals surface area (Å²) in [6.45, 7) is 9.83. The van der Waals surface area contributed by atoms with Crippen molar-refractivity contribution < 1.29 is 38.6 Å². The minimum Gasteiger partial charge on any atom is -0.478 e. The highest BCUT2D eigenvalue weighted by Crippen LogP contribution is 2.16. The molecular formula is C35H48N4O8. The first-order chi connectivity index (χ1) is 22.4. The third-order valence-electron chi connectivity index (χ3n) is 7.59. The number of unbranched alkanes of at least 4 members (excludes halogenated alkanes) is 1. The highest BCUT2D eigenvalue weighted by molar-refractivity contribution is 6.06. The molecule has 0 aromatic heterocycles. The van der Waals surface area contributed by atoms with E-state index in [1.54, 1.807) is 13.8 Å². The maximum absolute atomic E-state index is 13.8. The number of hydrogen-bond donors (Lipinski definition) is 4. The van der Waals surface area contributed by atoms with Gasteiger partial charge in [-0.3, -0.25) is 14.4 Å². The molecule has 0 saturated heterocycles. The van der Waals surface area contributed by atoms with E-state index < -0.39 is 47.9 Å². The van der Waals surface area contributed by atoms with Gasteiger partial charge in [-0.25, -0.2) is 9.59 Å². The van der Waals surface area contributed by atoms with E-state index in [2.05, 4.69) is 16.0 Å². The predicted molar refractivity (Wildman–Crippen MR) is 177 cm³/mol. The Kier molecular flexibility index (Phi) is 16.1. The van der Waals surface area contributed by atoms with Crippen LogP contribution in [0.5, 0.6) is 0 Å². The van der Waals surface area contributed by atoms with E-state index in [4.69, 9.17) is 4.74 Å². The summed E-state index contributed by atoms with van der Waals surface area (Å²) in [5.41, 5.74) is 0.511. The topological polar surface area (TPSA) is 171 Å². The molecule has 2 aromatic rings. The van der Waals surface area contributed by atoms with Crippen molar-refractivity contribution in [2.45, 2.75) is 85.0 Å². The number of aromatic carboxylic acids is 1. The summed E-state index contributed by atoms with van der Waals surface area (Å²) < 4.78 is 5.21. The van der Waals surface area contributed by atoms with Crippen LogP contribution in [0.1, 0.15) is 86.6 Å². The van der Waals surface area contributed by atoms with E-state index >= 15 is 0 Å². The van der Waals surface area contributed by atoms with E-state index in [0.29, 0.717) is 25.8 Å². The molecule has 12 heteroatoms. The molecule has 3 atom stereocenters. The van der Waals surface area contributed by atoms with Crippen LogP contribution in [0.15, 0.2) is 54.6 Å². The Morgan fingerprint density at radius 3 is 2.09 bits per heavy atom. The van der Waals surface area contributed by atoms with Crippen LogP contribution in [-0.2, 0) is 25.7 Å². The number of rotatable bonds is 19. The minimum atomic E-state index is -1.29. The molecule has 0 aliphatic carbocycles. The number of nitrogens with one attached hydrogen (secondary N) is 3. The summed E-state index contributed by atoms with van der Waals surface area (Å²) in [6, 6.07) is 12.1. The van der Waals surface area contributed by atoms with Gasteiger partial charge in [0.05, 0.1) is 17.2 Å². The molecule has 0 aliphatic rings. The minimum absolute atomic E-state index is 0.114. The Bertz CT molecular complexity index is 1350. The van der Waals surface area contributed by atoms with Crippen LogP contribution >= 0.6 is 0 Å². The average Bonchev–Trinajstić information content (AvgIpc) is 3.05. The molecule has 256 valence electrons. The van der Waals surface area contributed by atoms with Crippen molar-refractivity contribution >= 4 is 36.1 Å². The monoisotopic (exact) mass is 652 g/mol. The number of alkyl carbamates (subject to hydrolysis) is 1. The Hall–Kier alpha value is -4.74. The SMILES string of the molecule is CCCN(C(=O)[C@@H](NC(=O)[C@H](CCCCNC(=O)OCc1ccccc1)NC(=O)c1ccccc1C(=O)O)C(C)C)[C@H](C=O)C(C)C. The van der Waals surface area contributed by atoms with Crippen LogP contribution in [0.3, 0.4) is 0 Å². The summed E-state index contributed by atoms with van der Waals surface area (Å²) >= 11 is 0. The molecule has 47 heavy (non-hydrogen) atoms. The summed E-state index contributed by atoms with van der Waals surface area (Å²) in [7, 11) is 0. The zero-order valence-corrected chi connectivity index (χ0v) is 27.9. The van der Waals surface area contributed by atoms with Gasteiger partial charge in [-0.1, -0.05) is 77.1 Å². The lowest BCUT2D eigenvalue weighted by Crippen LogP contribution is -2.58. The molecule has 0 spiro atoms. The zero-order chi connectivity index (χ0) is 34.9. The van der Waals surface area contributed by atoms with Gasteiger partial charge in [0.2, 0.25) is 11.8 Å². The lowest BCUT2D eigenvalue weighted by atomic mass is 9.97. The number of amides is 4. The molecule has 0 aliphatic heterocycles. The van der Waals surface area contributed by atoms with E-state index in [1.165, 1.54) is 29.2 Å². The van der Waals surface area contributed by atoms with Crippen molar-refractivity contribution in [3.63, 3.8) is 0 Å². The quantitative estimate of drug-likeness (QED) is 0.129. The number of carboxylic acid groups (broad SMARTS) is 1. The number of carbonyl (C=O) groups is 6. The molecule has 2 aromatic carbocycles. The molecule has 4 amide bonds. The Labute approximate surface area is 276 Å². The number of ether oxygens (including phenoxy) is 1. The van der Waals surface area contributed by atoms with Crippen LogP contribution in [-0.4, -0.2) is 77.3 Å². The Morgan fingerprint density at radius 1 is 0.872 bits per heavy atom. The molecule has 12 nitrogen and oxygen atoms in total. The molecule has 0 fully saturated rings. The van der Waals surface area contributed by atoms with Gasteiger partial charge in [0, 0.05) is 13.1 Å². The summed E-state index contributed by atoms with van der Waals surface area (Å²) in [5, 5.41) is 17.7. The predicted octanol–water partition coefficient (Wildman–Crippen LogP) is 4.18. The molecule has 4 N–H and O–H groups in total. The van der Waals surface area contributed by atoms with Gasteiger partial charge in [-0.05, 0) is 55.2 Å². The lowest BCUT2D eigenvalue weighted by Gasteiger charge is -2.35. The zero-order valence-electron chi connectivity index (χ0n) is 27.9. The van der Waals surface area contributed by atoms with Crippen molar-refractivity contribution in [3.8, 4) is 0 Å². The largest absolute Gasteiger partial charge is 0.478 e. The maximum atomic E-state index is 13.8. The molecule has 0 saturated carbocycles. The average molecular weight is 653 g/mol. The first-order valence-corrected chi connectivity index (χ1v) is 16.0. The highest BCUT2D eigenvalue weighted by Gasteiger charge is 2.35. The standard InChI is InChI=1S/C35H48N4O8/c1-6-20-39(29(21-40)23(2)3)33(43)30(24(4)5)38-32(42)28(37-31(41)26-16-10-11-17-27(26)34(44)45)18-12-13-19-36-35(46)47-22-25-14-8-7-9-15-25/h7-11,14-17,21,23-24,28-30H,6,12-13,18-20,22H2,1-5H3,(H,36,46)(H,37,41)(H,38,42)(H,44,45)/t28-,29+,30-/m0/s1. The number of aldehydes is 1. The van der Waals surface area contributed by atoms with Gasteiger partial charge in [0.1, 0.15) is 25.0 Å². The second-order valence-corrected chi connectivity index (χ2v) is 12.0. The fraction of sp³-hybridized carbons (Fsp3) is 0.486. The molecule has 0 bridgehead atoms. The fourth-order valence-corrected chi connectivity index (χ4v) is 4.99. The smallest absolute Gasteiger partial charge is 0.407 e. The first-order valence-electron chi connectivity index (χ1n) is 16.0. The number of benzene rings is 2. The summed E-state index contributed by atoms with van der Waals surface area (Å²) in [5.74, 6) is -3.57. The van der Waals surface area contributed by atoms with Crippen LogP contribution in [0.4, 0.5) is 4.79 Å². The number of hydrogen-bond acceptors (Lipinski definition) is 7. The fourth-order valence-electron chi connectivity index (χ4n) is 4.99. The Balaban J connectivity index is 2.17. The van der Waals surface area contributed by atoms with Crippen LogP contribution < -0.4 is 16.0 Å². The van der Waals surface area contributed by atoms with Crippen LogP contribution in [0, 0.1) is 11.8 Å². The van der Waals surface area contributed by atoms with Gasteiger partial charge in [0.15, 0.2) is 0 Å². The summed E-state index contributed by atoms with van der Waals surface area (Å²) in [6.07, 6.45) is 1.72. The van der Waals surface area contributed by atoms with Gasteiger partial charge >= 0.3 is 12.1 Å². The van der Waals surface area contributed by atoms with Gasteiger partial charge in [-0.15, -0.1) is 0 Å². The van der Waals surface area contributed by atoms with Gasteiger partial charge in [-0.2, -0.15) is 0 Å². The second-order valence-electron chi connectivity index (χ2n) is 12.0. The van der Waals surface area contributed by atoms with E-state index in [0.717, 1.165) is 11.8 Å². The van der Waals surface area contributed by atoms with Crippen LogP contribution in [0.2, 0.25) is 0 Å². The van der Waals surface area contributed by atoms with Crippen LogP contribution in [0.25, 0.3) is 0 Å².